The molecule has 0 amide bonds. The van der Waals surface area contributed by atoms with Crippen LogP contribution in [0.5, 0.6) is 0 Å². The molecule has 0 aliphatic carbocycles. The Balaban J connectivity index is 3.38. The van der Waals surface area contributed by atoms with Crippen LogP contribution in [-0.2, 0) is 4.79 Å². The molecule has 0 radical (unpaired) electrons. The van der Waals surface area contributed by atoms with Crippen LogP contribution in [0, 0.1) is 5.92 Å². The van der Waals surface area contributed by atoms with E-state index in [1.54, 1.807) is 6.92 Å². The molecule has 2 nitrogen and oxygen atoms in total. The van der Waals surface area contributed by atoms with Crippen LogP contribution in [0.4, 0.5) is 0 Å². The van der Waals surface area contributed by atoms with Gasteiger partial charge in [0.15, 0.2) is 0 Å². The molecule has 16 heavy (non-hydrogen) atoms. The van der Waals surface area contributed by atoms with Gasteiger partial charge in [-0.2, -0.15) is 0 Å². The Morgan fingerprint density at radius 1 is 1.12 bits per heavy atom. The summed E-state index contributed by atoms with van der Waals surface area (Å²) in [4.78, 5) is 10.7. The van der Waals surface area contributed by atoms with Crippen molar-refractivity contribution in [2.75, 3.05) is 0 Å². The topological polar surface area (TPSA) is 37.3 Å². The largest absolute Gasteiger partial charge is 0.481 e. The Labute approximate surface area is 99.7 Å². The lowest BCUT2D eigenvalue weighted by molar-refractivity contribution is -0.139. The molecule has 0 saturated heterocycles. The molecule has 0 rings (SSSR count). The van der Waals surface area contributed by atoms with E-state index in [1.807, 2.05) is 0 Å². The normalized spacial score (nSPS) is 12.4. The number of hydrogen-bond donors (Lipinski definition) is 1. The van der Waals surface area contributed by atoms with Gasteiger partial charge < -0.3 is 5.11 Å². The molecule has 0 aromatic rings. The SMILES string of the molecule is C=C(CCCCCCCCC)[C@H](C)C(=O)O. The minimum Gasteiger partial charge on any atom is -0.481 e. The average molecular weight is 226 g/mol. The Hall–Kier alpha value is -0.790. The third-order valence-electron chi connectivity index (χ3n) is 3.08. The fourth-order valence-electron chi connectivity index (χ4n) is 1.70. The van der Waals surface area contributed by atoms with Gasteiger partial charge in [-0.05, 0) is 19.8 Å². The summed E-state index contributed by atoms with van der Waals surface area (Å²) in [6, 6.07) is 0. The highest BCUT2D eigenvalue weighted by molar-refractivity contribution is 5.72. The highest BCUT2D eigenvalue weighted by Gasteiger charge is 2.13. The van der Waals surface area contributed by atoms with Gasteiger partial charge in [0.2, 0.25) is 0 Å². The van der Waals surface area contributed by atoms with Crippen molar-refractivity contribution < 1.29 is 9.90 Å². The van der Waals surface area contributed by atoms with Crippen LogP contribution in [0.2, 0.25) is 0 Å². The zero-order valence-corrected chi connectivity index (χ0v) is 10.8. The van der Waals surface area contributed by atoms with Crippen molar-refractivity contribution in [3.05, 3.63) is 12.2 Å². The molecule has 0 fully saturated rings. The van der Waals surface area contributed by atoms with Gasteiger partial charge >= 0.3 is 5.97 Å². The van der Waals surface area contributed by atoms with Gasteiger partial charge in [0.1, 0.15) is 0 Å². The summed E-state index contributed by atoms with van der Waals surface area (Å²) in [6.45, 7) is 7.78. The van der Waals surface area contributed by atoms with Crippen molar-refractivity contribution in [3.63, 3.8) is 0 Å². The smallest absolute Gasteiger partial charge is 0.310 e. The fourth-order valence-corrected chi connectivity index (χ4v) is 1.70. The molecular formula is C14H26O2. The van der Waals surface area contributed by atoms with Gasteiger partial charge in [0.05, 0.1) is 5.92 Å². The Kier molecular flexibility index (Phi) is 8.97. The zero-order chi connectivity index (χ0) is 12.4. The van der Waals surface area contributed by atoms with E-state index in [9.17, 15) is 4.79 Å². The van der Waals surface area contributed by atoms with E-state index in [-0.39, 0.29) is 5.92 Å². The lowest BCUT2D eigenvalue weighted by atomic mass is 9.97. The number of carboxylic acid groups (broad SMARTS) is 1. The molecule has 1 atom stereocenters. The van der Waals surface area contributed by atoms with Gasteiger partial charge in [0.25, 0.3) is 0 Å². The molecule has 0 aliphatic heterocycles. The number of rotatable bonds is 10. The summed E-state index contributed by atoms with van der Waals surface area (Å²) in [5.41, 5.74) is 0.862. The third-order valence-corrected chi connectivity index (χ3v) is 3.08. The van der Waals surface area contributed by atoms with Gasteiger partial charge in [-0.3, -0.25) is 4.79 Å². The van der Waals surface area contributed by atoms with E-state index < -0.39 is 5.97 Å². The van der Waals surface area contributed by atoms with Crippen LogP contribution in [0.15, 0.2) is 12.2 Å². The van der Waals surface area contributed by atoms with Crippen LogP contribution < -0.4 is 0 Å². The molecular weight excluding hydrogens is 200 g/mol. The summed E-state index contributed by atoms with van der Waals surface area (Å²) in [6.07, 6.45) is 9.70. The quantitative estimate of drug-likeness (QED) is 0.442. The lowest BCUT2D eigenvalue weighted by Gasteiger charge is -2.09. The number of carboxylic acids is 1. The first-order valence-corrected chi connectivity index (χ1v) is 6.50. The first-order valence-electron chi connectivity index (χ1n) is 6.50. The number of aliphatic carboxylic acids is 1. The van der Waals surface area contributed by atoms with Crippen LogP contribution in [0.25, 0.3) is 0 Å². The minimum atomic E-state index is -0.757. The van der Waals surface area contributed by atoms with E-state index in [4.69, 9.17) is 5.11 Å². The molecule has 0 unspecified atom stereocenters. The second-order valence-electron chi connectivity index (χ2n) is 4.59. The van der Waals surface area contributed by atoms with Gasteiger partial charge in [-0.15, -0.1) is 0 Å². The molecule has 0 aromatic heterocycles. The standard InChI is InChI=1S/C14H26O2/c1-4-5-6-7-8-9-10-11-12(2)13(3)14(15)16/h13H,2,4-11H2,1,3H3,(H,15,16)/t13-/m0/s1. The molecule has 0 heterocycles. The van der Waals surface area contributed by atoms with E-state index >= 15 is 0 Å². The zero-order valence-electron chi connectivity index (χ0n) is 10.8. The maximum Gasteiger partial charge on any atom is 0.310 e. The van der Waals surface area contributed by atoms with Crippen molar-refractivity contribution >= 4 is 5.97 Å². The maximum absolute atomic E-state index is 10.7. The monoisotopic (exact) mass is 226 g/mol. The second-order valence-corrected chi connectivity index (χ2v) is 4.59. The number of hydrogen-bond acceptors (Lipinski definition) is 1. The molecule has 94 valence electrons. The first-order chi connectivity index (χ1) is 7.59. The molecule has 0 saturated carbocycles. The number of carbonyl (C=O) groups is 1. The van der Waals surface area contributed by atoms with Crippen LogP contribution in [0.1, 0.15) is 65.2 Å². The summed E-state index contributed by atoms with van der Waals surface area (Å²) in [5.74, 6) is -1.15. The predicted molar refractivity (Wildman–Crippen MR) is 68.5 cm³/mol. The van der Waals surface area contributed by atoms with Crippen molar-refractivity contribution in [3.8, 4) is 0 Å². The Morgan fingerprint density at radius 3 is 2.12 bits per heavy atom. The van der Waals surface area contributed by atoms with Crippen LogP contribution >= 0.6 is 0 Å². The summed E-state index contributed by atoms with van der Waals surface area (Å²) >= 11 is 0. The van der Waals surface area contributed by atoms with E-state index in [0.717, 1.165) is 18.4 Å². The molecule has 0 aliphatic rings. The highest BCUT2D eigenvalue weighted by atomic mass is 16.4. The maximum atomic E-state index is 10.7. The highest BCUT2D eigenvalue weighted by Crippen LogP contribution is 2.17. The van der Waals surface area contributed by atoms with Crippen molar-refractivity contribution in [2.45, 2.75) is 65.2 Å². The first kappa shape index (κ1) is 15.2. The average Bonchev–Trinajstić information content (AvgIpc) is 2.26. The lowest BCUT2D eigenvalue weighted by Crippen LogP contribution is -2.11. The van der Waals surface area contributed by atoms with Gasteiger partial charge in [-0.25, -0.2) is 0 Å². The summed E-state index contributed by atoms with van der Waals surface area (Å²) in [5, 5.41) is 8.79. The molecule has 0 spiro atoms. The van der Waals surface area contributed by atoms with E-state index in [2.05, 4.69) is 13.5 Å². The number of unbranched alkanes of at least 4 members (excludes halogenated alkanes) is 6. The van der Waals surface area contributed by atoms with Crippen molar-refractivity contribution in [1.82, 2.24) is 0 Å². The third kappa shape index (κ3) is 7.49. The fraction of sp³-hybridized carbons (Fsp3) is 0.786. The van der Waals surface area contributed by atoms with Crippen LogP contribution in [0.3, 0.4) is 0 Å². The second kappa shape index (κ2) is 9.44. The van der Waals surface area contributed by atoms with Crippen LogP contribution in [-0.4, -0.2) is 11.1 Å². The van der Waals surface area contributed by atoms with Gasteiger partial charge in [0, 0.05) is 0 Å². The minimum absolute atomic E-state index is 0.389. The van der Waals surface area contributed by atoms with E-state index in [1.165, 1.54) is 38.5 Å². The predicted octanol–water partition coefficient (Wildman–Crippen LogP) is 4.40. The van der Waals surface area contributed by atoms with Crippen molar-refractivity contribution in [1.29, 1.82) is 0 Å². The van der Waals surface area contributed by atoms with Gasteiger partial charge in [-0.1, -0.05) is 57.6 Å². The molecule has 0 bridgehead atoms. The molecule has 2 heteroatoms. The molecule has 1 N–H and O–H groups in total. The Bertz CT molecular complexity index is 209. The summed E-state index contributed by atoms with van der Waals surface area (Å²) in [7, 11) is 0. The van der Waals surface area contributed by atoms with E-state index in [0.29, 0.717) is 0 Å². The van der Waals surface area contributed by atoms with Crippen molar-refractivity contribution in [2.24, 2.45) is 5.92 Å². The Morgan fingerprint density at radius 2 is 1.62 bits per heavy atom. The summed E-state index contributed by atoms with van der Waals surface area (Å²) < 4.78 is 0. The molecule has 0 aromatic carbocycles.